The van der Waals surface area contributed by atoms with E-state index in [1.54, 1.807) is 6.92 Å². The Morgan fingerprint density at radius 2 is 1.74 bits per heavy atom. The van der Waals surface area contributed by atoms with Crippen molar-refractivity contribution in [3.63, 3.8) is 0 Å². The molecular formula is C18H17F2NO5S. The van der Waals surface area contributed by atoms with Crippen molar-refractivity contribution in [3.05, 3.63) is 59.2 Å². The monoisotopic (exact) mass is 397 g/mol. The van der Waals surface area contributed by atoms with Crippen LogP contribution in [0.25, 0.3) is 0 Å². The van der Waals surface area contributed by atoms with Gasteiger partial charge < -0.3 is 10.1 Å². The van der Waals surface area contributed by atoms with Crippen molar-refractivity contribution in [2.75, 3.05) is 11.6 Å². The van der Waals surface area contributed by atoms with Crippen molar-refractivity contribution in [3.8, 4) is 0 Å². The first kappa shape index (κ1) is 20.5. The Morgan fingerprint density at radius 3 is 2.33 bits per heavy atom. The van der Waals surface area contributed by atoms with E-state index in [1.165, 1.54) is 25.1 Å². The van der Waals surface area contributed by atoms with Gasteiger partial charge in [-0.2, -0.15) is 0 Å². The predicted octanol–water partition coefficient (Wildman–Crippen LogP) is 2.86. The van der Waals surface area contributed by atoms with Crippen LogP contribution in [0.15, 0.2) is 41.3 Å². The van der Waals surface area contributed by atoms with Gasteiger partial charge in [-0.25, -0.2) is 22.0 Å². The number of ether oxygens (including phenoxy) is 1. The molecule has 1 amide bonds. The number of sulfone groups is 1. The molecule has 2 aromatic carbocycles. The number of anilines is 1. The molecule has 2 rings (SSSR count). The van der Waals surface area contributed by atoms with Crippen molar-refractivity contribution >= 4 is 27.4 Å². The second kappa shape index (κ2) is 7.83. The summed E-state index contributed by atoms with van der Waals surface area (Å²) in [5, 5.41) is 2.30. The van der Waals surface area contributed by atoms with E-state index in [2.05, 4.69) is 5.32 Å². The molecule has 0 heterocycles. The second-order valence-electron chi connectivity index (χ2n) is 5.91. The molecule has 2 aromatic rings. The van der Waals surface area contributed by atoms with E-state index in [9.17, 15) is 26.8 Å². The zero-order valence-electron chi connectivity index (χ0n) is 14.7. The quantitative estimate of drug-likeness (QED) is 0.784. The van der Waals surface area contributed by atoms with Crippen LogP contribution in [0.4, 0.5) is 14.5 Å². The average Bonchev–Trinajstić information content (AvgIpc) is 2.57. The summed E-state index contributed by atoms with van der Waals surface area (Å²) in [6.07, 6.45) is -0.253. The molecule has 0 fully saturated rings. The Balaban J connectivity index is 2.12. The van der Waals surface area contributed by atoms with Crippen LogP contribution in [0.3, 0.4) is 0 Å². The number of aryl methyl sites for hydroxylation is 1. The Bertz CT molecular complexity index is 1000. The highest BCUT2D eigenvalue weighted by atomic mass is 32.2. The number of rotatable bonds is 5. The Morgan fingerprint density at radius 1 is 1.07 bits per heavy atom. The summed E-state index contributed by atoms with van der Waals surface area (Å²) in [5.41, 5.74) is 0.475. The van der Waals surface area contributed by atoms with Crippen LogP contribution >= 0.6 is 0 Å². The largest absolute Gasteiger partial charge is 0.449 e. The molecule has 27 heavy (non-hydrogen) atoms. The van der Waals surface area contributed by atoms with E-state index in [1.807, 2.05) is 0 Å². The van der Waals surface area contributed by atoms with Gasteiger partial charge in [-0.1, -0.05) is 6.07 Å². The number of hydrogen-bond donors (Lipinski definition) is 1. The predicted molar refractivity (Wildman–Crippen MR) is 94.2 cm³/mol. The summed E-state index contributed by atoms with van der Waals surface area (Å²) >= 11 is 0. The number of amides is 1. The van der Waals surface area contributed by atoms with Crippen LogP contribution in [0.5, 0.6) is 0 Å². The van der Waals surface area contributed by atoms with Gasteiger partial charge >= 0.3 is 5.97 Å². The Kier molecular flexibility index (Phi) is 5.94. The highest BCUT2D eigenvalue weighted by Crippen LogP contribution is 2.18. The van der Waals surface area contributed by atoms with Crippen LogP contribution in [0, 0.1) is 18.6 Å². The van der Waals surface area contributed by atoms with Gasteiger partial charge in [0.05, 0.1) is 10.5 Å². The highest BCUT2D eigenvalue weighted by Gasteiger charge is 2.22. The maximum Gasteiger partial charge on any atom is 0.339 e. The van der Waals surface area contributed by atoms with Crippen LogP contribution in [0.1, 0.15) is 22.8 Å². The Labute approximate surface area is 155 Å². The lowest BCUT2D eigenvalue weighted by molar-refractivity contribution is -0.123. The molecule has 0 unspecified atom stereocenters. The smallest absolute Gasteiger partial charge is 0.339 e. The van der Waals surface area contributed by atoms with Crippen LogP contribution in [-0.2, 0) is 19.4 Å². The molecule has 144 valence electrons. The maximum atomic E-state index is 13.2. The van der Waals surface area contributed by atoms with Gasteiger partial charge in [0.15, 0.2) is 27.6 Å². The Hall–Kier alpha value is -2.81. The number of benzene rings is 2. The molecular weight excluding hydrogens is 380 g/mol. The van der Waals surface area contributed by atoms with Crippen LogP contribution in [-0.4, -0.2) is 32.7 Å². The number of carbonyl (C=O) groups is 2. The number of esters is 1. The molecule has 0 aliphatic heterocycles. The van der Waals surface area contributed by atoms with Crippen molar-refractivity contribution in [2.45, 2.75) is 24.8 Å². The fourth-order valence-electron chi connectivity index (χ4n) is 2.15. The average molecular weight is 397 g/mol. The van der Waals surface area contributed by atoms with E-state index in [4.69, 9.17) is 4.74 Å². The van der Waals surface area contributed by atoms with Gasteiger partial charge in [-0.15, -0.1) is 0 Å². The van der Waals surface area contributed by atoms with Crippen LogP contribution in [0.2, 0.25) is 0 Å². The zero-order chi connectivity index (χ0) is 20.4. The lowest BCUT2D eigenvalue weighted by atomic mass is 10.1. The summed E-state index contributed by atoms with van der Waals surface area (Å²) in [7, 11) is -3.52. The van der Waals surface area contributed by atoms with Gasteiger partial charge in [0, 0.05) is 18.0 Å². The minimum Gasteiger partial charge on any atom is -0.449 e. The van der Waals surface area contributed by atoms with Gasteiger partial charge in [0.1, 0.15) is 0 Å². The molecule has 0 saturated heterocycles. The van der Waals surface area contributed by atoms with Crippen LogP contribution < -0.4 is 5.32 Å². The first-order chi connectivity index (χ1) is 12.5. The standard InChI is InChI=1S/C18H17F2NO5S/c1-10-4-6-13(27(3,24)25)9-14(10)18(23)26-11(2)17(22)21-12-5-7-15(19)16(20)8-12/h4-9,11H,1-3H3,(H,21,22)/t11-/m1/s1. The fraction of sp³-hybridized carbons (Fsp3) is 0.222. The lowest BCUT2D eigenvalue weighted by Gasteiger charge is -2.15. The normalized spacial score (nSPS) is 12.3. The van der Waals surface area contributed by atoms with Crippen molar-refractivity contribution < 1.29 is 31.5 Å². The third kappa shape index (κ3) is 5.10. The SMILES string of the molecule is Cc1ccc(S(C)(=O)=O)cc1C(=O)O[C@H](C)C(=O)Nc1ccc(F)c(F)c1. The third-order valence-corrected chi connectivity index (χ3v) is 4.81. The van der Waals surface area contributed by atoms with Gasteiger partial charge in [-0.3, -0.25) is 4.79 Å². The second-order valence-corrected chi connectivity index (χ2v) is 7.93. The van der Waals surface area contributed by atoms with Gasteiger partial charge in [0.2, 0.25) is 0 Å². The number of halogens is 2. The molecule has 0 aliphatic carbocycles. The molecule has 0 aromatic heterocycles. The fourth-order valence-corrected chi connectivity index (χ4v) is 2.79. The molecule has 0 aliphatic rings. The summed E-state index contributed by atoms with van der Waals surface area (Å²) in [6.45, 7) is 2.89. The number of nitrogens with one attached hydrogen (secondary N) is 1. The van der Waals surface area contributed by atoms with E-state index >= 15 is 0 Å². The minimum atomic E-state index is -3.52. The number of carbonyl (C=O) groups excluding carboxylic acids is 2. The number of hydrogen-bond acceptors (Lipinski definition) is 5. The lowest BCUT2D eigenvalue weighted by Crippen LogP contribution is -2.30. The topological polar surface area (TPSA) is 89.5 Å². The van der Waals surface area contributed by atoms with E-state index in [0.717, 1.165) is 24.5 Å². The van der Waals surface area contributed by atoms with Crippen molar-refractivity contribution in [1.82, 2.24) is 0 Å². The summed E-state index contributed by atoms with van der Waals surface area (Å²) in [6, 6.07) is 6.79. The molecule has 0 saturated carbocycles. The van der Waals surface area contributed by atoms with Gasteiger partial charge in [0.25, 0.3) is 5.91 Å². The molecule has 1 N–H and O–H groups in total. The van der Waals surface area contributed by atoms with Crippen molar-refractivity contribution in [2.24, 2.45) is 0 Å². The molecule has 1 atom stereocenters. The zero-order valence-corrected chi connectivity index (χ0v) is 15.6. The minimum absolute atomic E-state index is 0.00273. The summed E-state index contributed by atoms with van der Waals surface area (Å²) < 4.78 is 54.4. The summed E-state index contributed by atoms with van der Waals surface area (Å²) in [5.74, 6) is -3.84. The van der Waals surface area contributed by atoms with E-state index in [-0.39, 0.29) is 16.1 Å². The molecule has 0 bridgehead atoms. The van der Waals surface area contributed by atoms with Crippen molar-refractivity contribution in [1.29, 1.82) is 0 Å². The molecule has 0 radical (unpaired) electrons. The molecule has 9 heteroatoms. The van der Waals surface area contributed by atoms with E-state index in [0.29, 0.717) is 5.56 Å². The van der Waals surface area contributed by atoms with E-state index < -0.39 is 39.5 Å². The molecule has 6 nitrogen and oxygen atoms in total. The first-order valence-electron chi connectivity index (χ1n) is 7.76. The maximum absolute atomic E-state index is 13.2. The first-order valence-corrected chi connectivity index (χ1v) is 9.66. The summed E-state index contributed by atoms with van der Waals surface area (Å²) in [4.78, 5) is 24.3. The van der Waals surface area contributed by atoms with Gasteiger partial charge in [-0.05, 0) is 43.7 Å². The third-order valence-electron chi connectivity index (χ3n) is 3.70. The molecule has 0 spiro atoms. The highest BCUT2D eigenvalue weighted by molar-refractivity contribution is 7.90.